The van der Waals surface area contributed by atoms with Crippen molar-refractivity contribution in [3.63, 3.8) is 0 Å². The zero-order valence-electron chi connectivity index (χ0n) is 12.2. The maximum absolute atomic E-state index is 9.81. The van der Waals surface area contributed by atoms with Gasteiger partial charge in [0.25, 0.3) is 0 Å². The van der Waals surface area contributed by atoms with Gasteiger partial charge in [0.1, 0.15) is 5.75 Å². The average Bonchev–Trinajstić information content (AvgIpc) is 2.44. The molecule has 0 aliphatic rings. The minimum atomic E-state index is -0.589. The van der Waals surface area contributed by atoms with E-state index in [0.29, 0.717) is 37.0 Å². The number of anilines is 1. The van der Waals surface area contributed by atoms with Gasteiger partial charge in [0.05, 0.1) is 37.1 Å². The molecule has 2 N–H and O–H groups in total. The molecule has 1 aromatic rings. The van der Waals surface area contributed by atoms with Crippen LogP contribution < -0.4 is 10.1 Å². The Bertz CT molecular complexity index is 455. The summed E-state index contributed by atoms with van der Waals surface area (Å²) in [6.07, 6.45) is -0.589. The van der Waals surface area contributed by atoms with Crippen molar-refractivity contribution in [2.24, 2.45) is 5.92 Å². The zero-order chi connectivity index (χ0) is 15.0. The third-order valence-electron chi connectivity index (χ3n) is 2.62. The molecule has 0 saturated heterocycles. The summed E-state index contributed by atoms with van der Waals surface area (Å²) in [5.74, 6) is 1.04. The zero-order valence-corrected chi connectivity index (χ0v) is 12.2. The molecule has 0 amide bonds. The Morgan fingerprint density at radius 1 is 1.35 bits per heavy atom. The predicted octanol–water partition coefficient (Wildman–Crippen LogP) is 2.01. The Morgan fingerprint density at radius 2 is 2.10 bits per heavy atom. The lowest BCUT2D eigenvalue weighted by Gasteiger charge is -2.16. The van der Waals surface area contributed by atoms with E-state index in [9.17, 15) is 5.11 Å². The SMILES string of the molecule is COc1cc(C#N)ccc1NCC(O)COCC(C)C. The van der Waals surface area contributed by atoms with Gasteiger partial charge in [0.15, 0.2) is 0 Å². The molecule has 0 fully saturated rings. The van der Waals surface area contributed by atoms with Gasteiger partial charge in [0.2, 0.25) is 0 Å². The van der Waals surface area contributed by atoms with Crippen molar-refractivity contribution in [1.29, 1.82) is 5.26 Å². The van der Waals surface area contributed by atoms with Gasteiger partial charge in [-0.3, -0.25) is 0 Å². The van der Waals surface area contributed by atoms with E-state index in [2.05, 4.69) is 25.2 Å². The summed E-state index contributed by atoms with van der Waals surface area (Å²) >= 11 is 0. The van der Waals surface area contributed by atoms with Crippen LogP contribution in [0, 0.1) is 17.2 Å². The number of aliphatic hydroxyl groups is 1. The van der Waals surface area contributed by atoms with Gasteiger partial charge < -0.3 is 19.9 Å². The average molecular weight is 278 g/mol. The highest BCUT2D eigenvalue weighted by Gasteiger charge is 2.08. The number of hydrogen-bond donors (Lipinski definition) is 2. The number of hydrogen-bond acceptors (Lipinski definition) is 5. The van der Waals surface area contributed by atoms with Gasteiger partial charge in [-0.1, -0.05) is 13.8 Å². The molecule has 5 nitrogen and oxygen atoms in total. The van der Waals surface area contributed by atoms with Crippen molar-refractivity contribution in [3.8, 4) is 11.8 Å². The summed E-state index contributed by atoms with van der Waals surface area (Å²) in [6, 6.07) is 7.18. The van der Waals surface area contributed by atoms with Crippen LogP contribution in [0.15, 0.2) is 18.2 Å². The Labute approximate surface area is 120 Å². The number of ether oxygens (including phenoxy) is 2. The van der Waals surface area contributed by atoms with Gasteiger partial charge in [-0.05, 0) is 18.1 Å². The molecule has 1 atom stereocenters. The summed E-state index contributed by atoms with van der Waals surface area (Å²) in [4.78, 5) is 0. The molecule has 1 unspecified atom stereocenters. The van der Waals surface area contributed by atoms with E-state index in [1.54, 1.807) is 25.3 Å². The molecule has 0 aromatic heterocycles. The van der Waals surface area contributed by atoms with Crippen LogP contribution in [-0.2, 0) is 4.74 Å². The third kappa shape index (κ3) is 5.47. The van der Waals surface area contributed by atoms with Gasteiger partial charge >= 0.3 is 0 Å². The van der Waals surface area contributed by atoms with Crippen LogP contribution in [0.3, 0.4) is 0 Å². The molecule has 1 rings (SSSR count). The van der Waals surface area contributed by atoms with Gasteiger partial charge in [-0.2, -0.15) is 5.26 Å². The summed E-state index contributed by atoms with van der Waals surface area (Å²) in [5, 5.41) is 21.7. The fraction of sp³-hybridized carbons (Fsp3) is 0.533. The number of aliphatic hydroxyl groups excluding tert-OH is 1. The number of nitrogens with zero attached hydrogens (tertiary/aromatic N) is 1. The first-order chi connectivity index (χ1) is 9.56. The highest BCUT2D eigenvalue weighted by molar-refractivity contribution is 5.59. The van der Waals surface area contributed by atoms with E-state index < -0.39 is 6.10 Å². The highest BCUT2D eigenvalue weighted by Crippen LogP contribution is 2.25. The van der Waals surface area contributed by atoms with E-state index in [-0.39, 0.29) is 0 Å². The molecule has 0 aliphatic carbocycles. The summed E-state index contributed by atoms with van der Waals surface area (Å²) in [5.41, 5.74) is 1.28. The topological polar surface area (TPSA) is 74.5 Å². The predicted molar refractivity (Wildman–Crippen MR) is 77.9 cm³/mol. The van der Waals surface area contributed by atoms with Crippen LogP contribution in [0.1, 0.15) is 19.4 Å². The fourth-order valence-corrected chi connectivity index (χ4v) is 1.63. The van der Waals surface area contributed by atoms with Crippen molar-refractivity contribution in [2.75, 3.05) is 32.2 Å². The van der Waals surface area contributed by atoms with E-state index in [0.717, 1.165) is 5.69 Å². The molecule has 0 radical (unpaired) electrons. The Hall–Kier alpha value is -1.77. The highest BCUT2D eigenvalue weighted by atomic mass is 16.5. The first-order valence-corrected chi connectivity index (χ1v) is 6.64. The van der Waals surface area contributed by atoms with Crippen molar-refractivity contribution < 1.29 is 14.6 Å². The Morgan fingerprint density at radius 3 is 2.70 bits per heavy atom. The van der Waals surface area contributed by atoms with Gasteiger partial charge in [-0.25, -0.2) is 0 Å². The van der Waals surface area contributed by atoms with Gasteiger partial charge in [0, 0.05) is 19.2 Å². The van der Waals surface area contributed by atoms with E-state index in [4.69, 9.17) is 14.7 Å². The first kappa shape index (κ1) is 16.3. The second kappa shape index (κ2) is 8.41. The number of rotatable bonds is 8. The maximum Gasteiger partial charge on any atom is 0.143 e. The molecular weight excluding hydrogens is 256 g/mol. The summed E-state index contributed by atoms with van der Waals surface area (Å²) in [6.45, 7) is 5.42. The lowest BCUT2D eigenvalue weighted by Crippen LogP contribution is -2.25. The molecule has 20 heavy (non-hydrogen) atoms. The van der Waals surface area contributed by atoms with Crippen molar-refractivity contribution in [3.05, 3.63) is 23.8 Å². The smallest absolute Gasteiger partial charge is 0.143 e. The van der Waals surface area contributed by atoms with E-state index in [1.165, 1.54) is 0 Å². The van der Waals surface area contributed by atoms with E-state index in [1.807, 2.05) is 0 Å². The Balaban J connectivity index is 2.47. The molecule has 0 bridgehead atoms. The molecular formula is C15H22N2O3. The van der Waals surface area contributed by atoms with Crippen molar-refractivity contribution in [2.45, 2.75) is 20.0 Å². The number of benzene rings is 1. The minimum absolute atomic E-state index is 0.295. The summed E-state index contributed by atoms with van der Waals surface area (Å²) < 4.78 is 10.6. The second-order valence-electron chi connectivity index (χ2n) is 4.99. The molecule has 0 aliphatic heterocycles. The quantitative estimate of drug-likeness (QED) is 0.761. The van der Waals surface area contributed by atoms with E-state index >= 15 is 0 Å². The monoisotopic (exact) mass is 278 g/mol. The van der Waals surface area contributed by atoms with Crippen LogP contribution in [0.4, 0.5) is 5.69 Å². The minimum Gasteiger partial charge on any atom is -0.495 e. The van der Waals surface area contributed by atoms with Crippen molar-refractivity contribution >= 4 is 5.69 Å². The molecule has 110 valence electrons. The fourth-order valence-electron chi connectivity index (χ4n) is 1.63. The van der Waals surface area contributed by atoms with Crippen LogP contribution in [0.25, 0.3) is 0 Å². The number of methoxy groups -OCH3 is 1. The van der Waals surface area contributed by atoms with Crippen LogP contribution in [0.2, 0.25) is 0 Å². The van der Waals surface area contributed by atoms with Crippen LogP contribution in [0.5, 0.6) is 5.75 Å². The van der Waals surface area contributed by atoms with Crippen LogP contribution >= 0.6 is 0 Å². The first-order valence-electron chi connectivity index (χ1n) is 6.64. The van der Waals surface area contributed by atoms with Gasteiger partial charge in [-0.15, -0.1) is 0 Å². The Kier molecular flexibility index (Phi) is 6.85. The number of nitriles is 1. The molecule has 5 heteroatoms. The molecule has 0 heterocycles. The lowest BCUT2D eigenvalue weighted by atomic mass is 10.2. The number of nitrogens with one attached hydrogen (secondary N) is 1. The van der Waals surface area contributed by atoms with Crippen LogP contribution in [-0.4, -0.2) is 38.1 Å². The third-order valence-corrected chi connectivity index (χ3v) is 2.62. The van der Waals surface area contributed by atoms with Crippen molar-refractivity contribution in [1.82, 2.24) is 0 Å². The normalized spacial score (nSPS) is 12.0. The largest absolute Gasteiger partial charge is 0.495 e. The maximum atomic E-state index is 9.81. The summed E-state index contributed by atoms with van der Waals surface area (Å²) in [7, 11) is 1.55. The molecule has 0 spiro atoms. The molecule has 0 saturated carbocycles. The molecule has 1 aromatic carbocycles. The lowest BCUT2D eigenvalue weighted by molar-refractivity contribution is 0.0318. The standard InChI is InChI=1S/C15H22N2O3/c1-11(2)9-20-10-13(18)8-17-14-5-4-12(7-16)6-15(14)19-3/h4-6,11,13,17-18H,8-10H2,1-3H3. The second-order valence-corrected chi connectivity index (χ2v) is 4.99.